The van der Waals surface area contributed by atoms with Gasteiger partial charge in [0, 0.05) is 25.9 Å². The fraction of sp³-hybridized carbons (Fsp3) is 0.500. The van der Waals surface area contributed by atoms with Gasteiger partial charge in [0.15, 0.2) is 0 Å². The molecule has 1 heterocycles. The number of nitrogens with two attached hydrogens (primary N) is 1. The largest absolute Gasteiger partial charge is 0.493 e. The Labute approximate surface area is 113 Å². The number of benzene rings is 1. The quantitative estimate of drug-likeness (QED) is 0.838. The Morgan fingerprint density at radius 1 is 1.53 bits per heavy atom. The van der Waals surface area contributed by atoms with Gasteiger partial charge in [-0.15, -0.1) is 0 Å². The van der Waals surface area contributed by atoms with Crippen molar-refractivity contribution in [1.29, 1.82) is 0 Å². The van der Waals surface area contributed by atoms with Crippen molar-refractivity contribution in [3.8, 4) is 5.75 Å². The van der Waals surface area contributed by atoms with Crippen molar-refractivity contribution in [3.63, 3.8) is 0 Å². The van der Waals surface area contributed by atoms with Gasteiger partial charge in [-0.2, -0.15) is 0 Å². The fourth-order valence-corrected chi connectivity index (χ4v) is 2.32. The molecule has 0 aromatic heterocycles. The topological polar surface area (TPSA) is 64.8 Å². The number of hydrogen-bond acceptors (Lipinski definition) is 4. The lowest BCUT2D eigenvalue weighted by atomic mass is 10.1. The van der Waals surface area contributed by atoms with Gasteiger partial charge in [0.2, 0.25) is 0 Å². The molecule has 5 heteroatoms. The third kappa shape index (κ3) is 2.81. The van der Waals surface area contributed by atoms with Gasteiger partial charge in [0.25, 0.3) is 5.91 Å². The number of amides is 1. The minimum absolute atomic E-state index is 0.0823. The summed E-state index contributed by atoms with van der Waals surface area (Å²) in [7, 11) is 1.67. The van der Waals surface area contributed by atoms with Gasteiger partial charge >= 0.3 is 0 Å². The molecule has 1 aromatic rings. The van der Waals surface area contributed by atoms with Crippen LogP contribution in [0.3, 0.4) is 0 Å². The van der Waals surface area contributed by atoms with E-state index in [-0.39, 0.29) is 12.0 Å². The maximum absolute atomic E-state index is 12.5. The predicted octanol–water partition coefficient (Wildman–Crippen LogP) is 1.53. The molecule has 1 aliphatic heterocycles. The maximum Gasteiger partial charge on any atom is 0.259 e. The molecule has 0 saturated carbocycles. The second-order valence-electron chi connectivity index (χ2n) is 4.55. The average Bonchev–Trinajstić information content (AvgIpc) is 2.87. The van der Waals surface area contributed by atoms with E-state index in [4.69, 9.17) is 15.2 Å². The van der Waals surface area contributed by atoms with E-state index in [9.17, 15) is 4.79 Å². The van der Waals surface area contributed by atoms with Crippen LogP contribution in [-0.4, -0.2) is 43.7 Å². The molecule has 0 radical (unpaired) electrons. The highest BCUT2D eigenvalue weighted by Gasteiger charge is 2.29. The van der Waals surface area contributed by atoms with Crippen LogP contribution in [-0.2, 0) is 4.74 Å². The highest BCUT2D eigenvalue weighted by molar-refractivity contribution is 6.02. The zero-order valence-electron chi connectivity index (χ0n) is 11.4. The zero-order valence-corrected chi connectivity index (χ0v) is 11.4. The number of rotatable bonds is 4. The number of carbonyl (C=O) groups excluding carboxylic acids is 1. The lowest BCUT2D eigenvalue weighted by molar-refractivity contribution is 0.0721. The van der Waals surface area contributed by atoms with Gasteiger partial charge in [0.05, 0.1) is 12.7 Å². The van der Waals surface area contributed by atoms with Crippen LogP contribution in [0, 0.1) is 0 Å². The minimum atomic E-state index is -0.0823. The first kappa shape index (κ1) is 13.7. The summed E-state index contributed by atoms with van der Waals surface area (Å²) >= 11 is 0. The van der Waals surface area contributed by atoms with Gasteiger partial charge in [0.1, 0.15) is 11.3 Å². The van der Waals surface area contributed by atoms with Crippen LogP contribution < -0.4 is 10.5 Å². The molecule has 0 bridgehead atoms. The number of anilines is 1. The molecule has 5 nitrogen and oxygen atoms in total. The molecule has 1 amide bonds. The van der Waals surface area contributed by atoms with Crippen LogP contribution in [0.25, 0.3) is 0 Å². The first-order valence-corrected chi connectivity index (χ1v) is 6.50. The van der Waals surface area contributed by atoms with Crippen molar-refractivity contribution in [2.75, 3.05) is 32.5 Å². The van der Waals surface area contributed by atoms with Crippen LogP contribution in [0.15, 0.2) is 18.2 Å². The SMILES string of the molecule is CCOc1cccc(N)c1C(=O)N1CCC(OC)C1. The molecule has 0 aliphatic carbocycles. The van der Waals surface area contributed by atoms with Crippen molar-refractivity contribution in [1.82, 2.24) is 4.90 Å². The maximum atomic E-state index is 12.5. The van der Waals surface area contributed by atoms with Crippen molar-refractivity contribution >= 4 is 11.6 Å². The van der Waals surface area contributed by atoms with Gasteiger partial charge < -0.3 is 20.1 Å². The summed E-state index contributed by atoms with van der Waals surface area (Å²) in [5, 5.41) is 0. The number of nitrogen functional groups attached to an aromatic ring is 1. The van der Waals surface area contributed by atoms with Gasteiger partial charge in [-0.1, -0.05) is 6.07 Å². The molecule has 19 heavy (non-hydrogen) atoms. The molecular weight excluding hydrogens is 244 g/mol. The molecule has 1 saturated heterocycles. The van der Waals surface area contributed by atoms with Crippen LogP contribution in [0.5, 0.6) is 5.75 Å². The molecule has 1 atom stereocenters. The second-order valence-corrected chi connectivity index (χ2v) is 4.55. The van der Waals surface area contributed by atoms with E-state index in [1.54, 1.807) is 30.2 Å². The molecule has 2 rings (SSSR count). The molecule has 1 unspecified atom stereocenters. The standard InChI is InChI=1S/C14H20N2O3/c1-3-19-12-6-4-5-11(15)13(12)14(17)16-8-7-10(9-16)18-2/h4-6,10H,3,7-9,15H2,1-2H3. The van der Waals surface area contributed by atoms with E-state index >= 15 is 0 Å². The van der Waals surface area contributed by atoms with E-state index in [2.05, 4.69) is 0 Å². The third-order valence-electron chi connectivity index (χ3n) is 3.34. The van der Waals surface area contributed by atoms with Gasteiger partial charge in [-0.25, -0.2) is 0 Å². The van der Waals surface area contributed by atoms with E-state index in [1.165, 1.54) is 0 Å². The molecule has 104 valence electrons. The smallest absolute Gasteiger partial charge is 0.259 e. The number of methoxy groups -OCH3 is 1. The number of ether oxygens (including phenoxy) is 2. The third-order valence-corrected chi connectivity index (χ3v) is 3.34. The molecule has 0 spiro atoms. The van der Waals surface area contributed by atoms with Crippen molar-refractivity contribution in [2.45, 2.75) is 19.4 Å². The van der Waals surface area contributed by atoms with Crippen LogP contribution >= 0.6 is 0 Å². The Hall–Kier alpha value is -1.75. The second kappa shape index (κ2) is 5.93. The molecule has 1 aliphatic rings. The average molecular weight is 264 g/mol. The molecule has 2 N–H and O–H groups in total. The van der Waals surface area contributed by atoms with Crippen LogP contribution in [0.4, 0.5) is 5.69 Å². The highest BCUT2D eigenvalue weighted by atomic mass is 16.5. The Bertz CT molecular complexity index is 462. The van der Waals surface area contributed by atoms with Crippen LogP contribution in [0.1, 0.15) is 23.7 Å². The molecule has 1 aromatic carbocycles. The Balaban J connectivity index is 2.23. The monoisotopic (exact) mass is 264 g/mol. The van der Waals surface area contributed by atoms with Crippen molar-refractivity contribution in [2.24, 2.45) is 0 Å². The van der Waals surface area contributed by atoms with Crippen molar-refractivity contribution in [3.05, 3.63) is 23.8 Å². The Morgan fingerprint density at radius 3 is 2.95 bits per heavy atom. The number of carbonyl (C=O) groups is 1. The summed E-state index contributed by atoms with van der Waals surface area (Å²) in [5.74, 6) is 0.467. The molecule has 1 fully saturated rings. The normalized spacial score (nSPS) is 18.6. The predicted molar refractivity (Wildman–Crippen MR) is 73.3 cm³/mol. The summed E-state index contributed by atoms with van der Waals surface area (Å²) in [6.45, 7) is 3.69. The van der Waals surface area contributed by atoms with Crippen molar-refractivity contribution < 1.29 is 14.3 Å². The van der Waals surface area contributed by atoms with Gasteiger partial charge in [-0.05, 0) is 25.5 Å². The van der Waals surface area contributed by atoms with Crippen LogP contribution in [0.2, 0.25) is 0 Å². The van der Waals surface area contributed by atoms with Gasteiger partial charge in [-0.3, -0.25) is 4.79 Å². The summed E-state index contributed by atoms with van der Waals surface area (Å²) < 4.78 is 10.8. The molecular formula is C14H20N2O3. The lowest BCUT2D eigenvalue weighted by Crippen LogP contribution is -2.31. The first-order chi connectivity index (χ1) is 9.17. The van der Waals surface area contributed by atoms with E-state index < -0.39 is 0 Å². The summed E-state index contributed by atoms with van der Waals surface area (Å²) in [5.41, 5.74) is 6.84. The zero-order chi connectivity index (χ0) is 13.8. The Morgan fingerprint density at radius 2 is 2.32 bits per heavy atom. The first-order valence-electron chi connectivity index (χ1n) is 6.50. The minimum Gasteiger partial charge on any atom is -0.493 e. The van der Waals surface area contributed by atoms with E-state index in [0.717, 1.165) is 6.42 Å². The number of hydrogen-bond donors (Lipinski definition) is 1. The number of nitrogens with zero attached hydrogens (tertiary/aromatic N) is 1. The summed E-state index contributed by atoms with van der Waals surface area (Å²) in [4.78, 5) is 14.3. The van der Waals surface area contributed by atoms with E-state index in [1.807, 2.05) is 6.92 Å². The highest BCUT2D eigenvalue weighted by Crippen LogP contribution is 2.27. The number of likely N-dealkylation sites (tertiary alicyclic amines) is 1. The lowest BCUT2D eigenvalue weighted by Gasteiger charge is -2.19. The summed E-state index contributed by atoms with van der Waals surface area (Å²) in [6.07, 6.45) is 0.975. The van der Waals surface area contributed by atoms with E-state index in [0.29, 0.717) is 36.7 Å². The summed E-state index contributed by atoms with van der Waals surface area (Å²) in [6, 6.07) is 5.29. The Kier molecular flexibility index (Phi) is 4.27. The fourth-order valence-electron chi connectivity index (χ4n) is 2.32.